The summed E-state index contributed by atoms with van der Waals surface area (Å²) in [5, 5.41) is 6.67. The molecule has 1 amide bonds. The van der Waals surface area contributed by atoms with Gasteiger partial charge in [0.15, 0.2) is 5.82 Å². The Bertz CT molecular complexity index is 874. The Morgan fingerprint density at radius 3 is 2.68 bits per heavy atom. The molecule has 3 rings (SSSR count). The van der Waals surface area contributed by atoms with Crippen LogP contribution < -0.4 is 10.0 Å². The Morgan fingerprint density at radius 1 is 1.20 bits per heavy atom. The molecule has 0 unspecified atom stereocenters. The molecule has 0 radical (unpaired) electrons. The highest BCUT2D eigenvalue weighted by atomic mass is 32.2. The quantitative estimate of drug-likeness (QED) is 0.816. The third kappa shape index (κ3) is 4.46. The molecule has 0 bridgehead atoms. The van der Waals surface area contributed by atoms with Crippen molar-refractivity contribution < 1.29 is 13.2 Å². The minimum absolute atomic E-state index is 0.0398. The van der Waals surface area contributed by atoms with Crippen LogP contribution in [0.5, 0.6) is 0 Å². The molecule has 1 aliphatic rings. The summed E-state index contributed by atoms with van der Waals surface area (Å²) in [6.45, 7) is 0.0398. The van der Waals surface area contributed by atoms with Gasteiger partial charge in [-0.05, 0) is 48.9 Å². The Hall–Kier alpha value is -2.19. The highest BCUT2D eigenvalue weighted by Gasteiger charge is 2.18. The van der Waals surface area contributed by atoms with Crippen molar-refractivity contribution in [3.8, 4) is 0 Å². The number of hydrogen-bond donors (Lipinski definition) is 2. The summed E-state index contributed by atoms with van der Waals surface area (Å²) in [6.07, 6.45) is 5.94. The van der Waals surface area contributed by atoms with E-state index in [1.807, 2.05) is 6.07 Å². The molecular formula is C17H22N4O3S. The van der Waals surface area contributed by atoms with E-state index in [2.05, 4.69) is 15.1 Å². The molecule has 1 aromatic heterocycles. The molecule has 2 N–H and O–H groups in total. The topological polar surface area (TPSA) is 93.1 Å². The fourth-order valence-electron chi connectivity index (χ4n) is 2.95. The molecule has 7 nitrogen and oxygen atoms in total. The van der Waals surface area contributed by atoms with Gasteiger partial charge in [0.1, 0.15) is 0 Å². The Morgan fingerprint density at radius 2 is 1.96 bits per heavy atom. The second-order valence-electron chi connectivity index (χ2n) is 6.21. The predicted molar refractivity (Wildman–Crippen MR) is 94.7 cm³/mol. The fourth-order valence-corrected chi connectivity index (χ4v) is 4.03. The number of hydrogen-bond acceptors (Lipinski definition) is 4. The summed E-state index contributed by atoms with van der Waals surface area (Å²) >= 11 is 0. The normalized spacial score (nSPS) is 14.1. The molecule has 1 aliphatic carbocycles. The average molecular weight is 362 g/mol. The van der Waals surface area contributed by atoms with Gasteiger partial charge in [-0.3, -0.25) is 9.48 Å². The SMILES string of the molecule is Cn1ccc(NC(=O)CCNS(=O)(=O)c2ccc3c(c2)CCCC3)n1. The largest absolute Gasteiger partial charge is 0.309 e. The van der Waals surface area contributed by atoms with E-state index in [1.165, 1.54) is 5.56 Å². The van der Waals surface area contributed by atoms with Crippen LogP contribution in [0, 0.1) is 0 Å². The number of nitrogens with one attached hydrogen (secondary N) is 2. The third-order valence-electron chi connectivity index (χ3n) is 4.26. The van der Waals surface area contributed by atoms with Crippen molar-refractivity contribution in [3.05, 3.63) is 41.6 Å². The van der Waals surface area contributed by atoms with Gasteiger partial charge in [0, 0.05) is 32.3 Å². The smallest absolute Gasteiger partial charge is 0.240 e. The fraction of sp³-hybridized carbons (Fsp3) is 0.412. The molecular weight excluding hydrogens is 340 g/mol. The summed E-state index contributed by atoms with van der Waals surface area (Å²) in [5.74, 6) is 0.164. The Labute approximate surface area is 147 Å². The minimum Gasteiger partial charge on any atom is -0.309 e. The van der Waals surface area contributed by atoms with Crippen LogP contribution >= 0.6 is 0 Å². The molecule has 0 aliphatic heterocycles. The highest BCUT2D eigenvalue weighted by molar-refractivity contribution is 7.89. The molecule has 0 spiro atoms. The van der Waals surface area contributed by atoms with E-state index in [1.54, 1.807) is 36.1 Å². The number of carbonyl (C=O) groups excluding carboxylic acids is 1. The van der Waals surface area contributed by atoms with Gasteiger partial charge < -0.3 is 5.32 Å². The summed E-state index contributed by atoms with van der Waals surface area (Å²) < 4.78 is 28.9. The monoisotopic (exact) mass is 362 g/mol. The second-order valence-corrected chi connectivity index (χ2v) is 7.98. The molecule has 134 valence electrons. The van der Waals surface area contributed by atoms with Crippen LogP contribution in [0.3, 0.4) is 0 Å². The number of fused-ring (bicyclic) bond motifs is 1. The Balaban J connectivity index is 1.55. The van der Waals surface area contributed by atoms with Gasteiger partial charge >= 0.3 is 0 Å². The van der Waals surface area contributed by atoms with Gasteiger partial charge in [0.2, 0.25) is 15.9 Å². The number of rotatable bonds is 6. The molecule has 2 aromatic rings. The highest BCUT2D eigenvalue weighted by Crippen LogP contribution is 2.24. The first kappa shape index (κ1) is 17.6. The number of aryl methyl sites for hydroxylation is 3. The van der Waals surface area contributed by atoms with Crippen molar-refractivity contribution in [1.29, 1.82) is 0 Å². The maximum atomic E-state index is 12.4. The molecule has 25 heavy (non-hydrogen) atoms. The first-order valence-electron chi connectivity index (χ1n) is 8.35. The maximum absolute atomic E-state index is 12.4. The Kier molecular flexibility index (Phi) is 5.19. The van der Waals surface area contributed by atoms with Crippen molar-refractivity contribution in [3.63, 3.8) is 0 Å². The zero-order chi connectivity index (χ0) is 17.9. The summed E-state index contributed by atoms with van der Waals surface area (Å²) in [4.78, 5) is 12.1. The van der Waals surface area contributed by atoms with Gasteiger partial charge in [-0.25, -0.2) is 13.1 Å². The van der Waals surface area contributed by atoms with Crippen LogP contribution in [0.4, 0.5) is 5.82 Å². The van der Waals surface area contributed by atoms with Crippen LogP contribution in [0.2, 0.25) is 0 Å². The maximum Gasteiger partial charge on any atom is 0.240 e. The van der Waals surface area contributed by atoms with Gasteiger partial charge in [-0.1, -0.05) is 6.07 Å². The minimum atomic E-state index is -3.61. The van der Waals surface area contributed by atoms with E-state index < -0.39 is 10.0 Å². The van der Waals surface area contributed by atoms with Crippen molar-refractivity contribution in [2.24, 2.45) is 7.05 Å². The number of sulfonamides is 1. The van der Waals surface area contributed by atoms with E-state index in [-0.39, 0.29) is 23.8 Å². The van der Waals surface area contributed by atoms with Crippen LogP contribution in [0.25, 0.3) is 0 Å². The lowest BCUT2D eigenvalue weighted by molar-refractivity contribution is -0.116. The molecule has 1 heterocycles. The van der Waals surface area contributed by atoms with Gasteiger partial charge in [0.25, 0.3) is 0 Å². The van der Waals surface area contributed by atoms with E-state index in [4.69, 9.17) is 0 Å². The number of aromatic nitrogens is 2. The first-order valence-corrected chi connectivity index (χ1v) is 9.83. The van der Waals surface area contributed by atoms with Gasteiger partial charge in [-0.15, -0.1) is 0 Å². The molecule has 8 heteroatoms. The van der Waals surface area contributed by atoms with Crippen LogP contribution in [0.15, 0.2) is 35.4 Å². The average Bonchev–Trinajstić information content (AvgIpc) is 2.99. The first-order chi connectivity index (χ1) is 11.9. The van der Waals surface area contributed by atoms with E-state index in [0.717, 1.165) is 31.2 Å². The third-order valence-corrected chi connectivity index (χ3v) is 5.71. The van der Waals surface area contributed by atoms with E-state index in [0.29, 0.717) is 5.82 Å². The number of benzene rings is 1. The van der Waals surface area contributed by atoms with Crippen LogP contribution in [-0.4, -0.2) is 30.7 Å². The number of anilines is 1. The summed E-state index contributed by atoms with van der Waals surface area (Å²) in [7, 11) is -1.86. The number of carbonyl (C=O) groups is 1. The summed E-state index contributed by atoms with van der Waals surface area (Å²) in [6, 6.07) is 6.97. The van der Waals surface area contributed by atoms with Crippen LogP contribution in [0.1, 0.15) is 30.4 Å². The molecule has 0 fully saturated rings. The number of nitrogens with zero attached hydrogens (tertiary/aromatic N) is 2. The predicted octanol–water partition coefficient (Wildman–Crippen LogP) is 1.61. The standard InChI is InChI=1S/C17H22N4O3S/c1-21-11-9-16(20-21)19-17(22)8-10-18-25(23,24)15-7-6-13-4-2-3-5-14(13)12-15/h6-7,9,11-12,18H,2-5,8,10H2,1H3,(H,19,20,22). The molecule has 0 saturated heterocycles. The molecule has 1 aromatic carbocycles. The lowest BCUT2D eigenvalue weighted by atomic mass is 9.92. The van der Waals surface area contributed by atoms with Crippen LogP contribution in [-0.2, 0) is 34.7 Å². The lowest BCUT2D eigenvalue weighted by Crippen LogP contribution is -2.28. The van der Waals surface area contributed by atoms with E-state index in [9.17, 15) is 13.2 Å². The lowest BCUT2D eigenvalue weighted by Gasteiger charge is -2.16. The zero-order valence-electron chi connectivity index (χ0n) is 14.2. The molecule has 0 atom stereocenters. The van der Waals surface area contributed by atoms with Crippen molar-refractivity contribution in [2.75, 3.05) is 11.9 Å². The van der Waals surface area contributed by atoms with Crippen molar-refractivity contribution in [1.82, 2.24) is 14.5 Å². The summed E-state index contributed by atoms with van der Waals surface area (Å²) in [5.41, 5.74) is 2.35. The van der Waals surface area contributed by atoms with Crippen molar-refractivity contribution >= 4 is 21.7 Å². The number of amides is 1. The van der Waals surface area contributed by atoms with E-state index >= 15 is 0 Å². The zero-order valence-corrected chi connectivity index (χ0v) is 15.0. The molecule has 0 saturated carbocycles. The van der Waals surface area contributed by atoms with Crippen molar-refractivity contribution in [2.45, 2.75) is 37.0 Å². The van der Waals surface area contributed by atoms with Gasteiger partial charge in [-0.2, -0.15) is 5.10 Å². The second kappa shape index (κ2) is 7.37. The van der Waals surface area contributed by atoms with Gasteiger partial charge in [0.05, 0.1) is 4.90 Å².